The summed E-state index contributed by atoms with van der Waals surface area (Å²) in [6.45, 7) is 0. The molecule has 5 heavy (non-hydrogen) atoms. The van der Waals surface area contributed by atoms with Crippen LogP contribution in [0.1, 0.15) is 0 Å². The van der Waals surface area contributed by atoms with Crippen LogP contribution in [0, 0.1) is 0 Å². The monoisotopic (exact) mass is 218 g/mol. The van der Waals surface area contributed by atoms with E-state index in [9.17, 15) is 0 Å². The molecule has 0 aromatic heterocycles. The van der Waals surface area contributed by atoms with E-state index >= 15 is 0 Å². The summed E-state index contributed by atoms with van der Waals surface area (Å²) < 4.78 is 0. The summed E-state index contributed by atoms with van der Waals surface area (Å²) >= 11 is 0. The SMILES string of the molecule is [Al+3].[Mo].[P-3].[P-3].[P-3]. The number of rotatable bonds is 0. The first-order valence-corrected chi connectivity index (χ1v) is 0. The van der Waals surface area contributed by atoms with Gasteiger partial charge < -0.3 is 29.7 Å². The Kier molecular flexibility index (Phi) is 317. The van der Waals surface area contributed by atoms with E-state index < -0.39 is 0 Å². The van der Waals surface area contributed by atoms with Crippen LogP contribution in [0.4, 0.5) is 0 Å². The molecule has 0 aliphatic carbocycles. The molecular weight excluding hydrogens is 216 g/mol. The average Bonchev–Trinajstić information content (AvgIpc) is 0. The van der Waals surface area contributed by atoms with E-state index in [1.54, 1.807) is 0 Å². The Morgan fingerprint density at radius 1 is 0.600 bits per heavy atom. The van der Waals surface area contributed by atoms with Crippen LogP contribution in [0.2, 0.25) is 0 Å². The minimum absolute atomic E-state index is 0. The molecular formula is AlMoP3-6. The summed E-state index contributed by atoms with van der Waals surface area (Å²) in [5.41, 5.74) is 0. The second-order valence-corrected chi connectivity index (χ2v) is 0. The van der Waals surface area contributed by atoms with Gasteiger partial charge in [0.25, 0.3) is 0 Å². The normalized spacial score (nSPS) is 0. The van der Waals surface area contributed by atoms with E-state index in [2.05, 4.69) is 0 Å². The first-order chi connectivity index (χ1) is 0. The van der Waals surface area contributed by atoms with Gasteiger partial charge in [0.1, 0.15) is 0 Å². The van der Waals surface area contributed by atoms with Crippen molar-refractivity contribution >= 4 is 47.1 Å². The van der Waals surface area contributed by atoms with Crippen molar-refractivity contribution in [2.75, 3.05) is 0 Å². The Morgan fingerprint density at radius 3 is 0.600 bits per heavy atom. The van der Waals surface area contributed by atoms with E-state index in [-0.39, 0.29) is 68.1 Å². The first-order valence-electron chi connectivity index (χ1n) is 0. The maximum atomic E-state index is 0. The van der Waals surface area contributed by atoms with E-state index in [1.165, 1.54) is 0 Å². The molecule has 0 saturated heterocycles. The summed E-state index contributed by atoms with van der Waals surface area (Å²) in [5, 5.41) is 0. The van der Waals surface area contributed by atoms with Gasteiger partial charge in [-0.25, -0.2) is 0 Å². The zero-order chi connectivity index (χ0) is 0. The van der Waals surface area contributed by atoms with Crippen molar-refractivity contribution in [2.24, 2.45) is 0 Å². The van der Waals surface area contributed by atoms with Crippen LogP contribution in [0.3, 0.4) is 0 Å². The van der Waals surface area contributed by atoms with Crippen LogP contribution in [-0.2, 0) is 21.1 Å². The van der Waals surface area contributed by atoms with Crippen molar-refractivity contribution in [1.82, 2.24) is 0 Å². The molecule has 0 aliphatic heterocycles. The molecule has 0 aromatic carbocycles. The van der Waals surface area contributed by atoms with Gasteiger partial charge in [0, 0.05) is 21.1 Å². The summed E-state index contributed by atoms with van der Waals surface area (Å²) in [6.07, 6.45) is 0. The van der Waals surface area contributed by atoms with Crippen molar-refractivity contribution in [1.29, 1.82) is 0 Å². The zero-order valence-electron chi connectivity index (χ0n) is 2.33. The van der Waals surface area contributed by atoms with Crippen molar-refractivity contribution in [3.8, 4) is 0 Å². The Balaban J connectivity index is 0. The molecule has 0 fully saturated rings. The standard InChI is InChI=1S/Al.Mo.3P/q+3;;3*-3. The summed E-state index contributed by atoms with van der Waals surface area (Å²) in [7, 11) is 0. The van der Waals surface area contributed by atoms with Crippen molar-refractivity contribution in [3.05, 3.63) is 0 Å². The third kappa shape index (κ3) is 21.0. The van der Waals surface area contributed by atoms with Gasteiger partial charge in [-0.1, -0.05) is 0 Å². The average molecular weight is 216 g/mol. The molecule has 0 saturated carbocycles. The van der Waals surface area contributed by atoms with Crippen LogP contribution in [-0.4, -0.2) is 17.4 Å². The molecule has 0 aliphatic rings. The van der Waals surface area contributed by atoms with E-state index in [0.29, 0.717) is 0 Å². The molecule has 0 heterocycles. The minimum Gasteiger partial charge on any atom is -3.00 e. The summed E-state index contributed by atoms with van der Waals surface area (Å²) in [5.74, 6) is 0. The predicted octanol–water partition coefficient (Wildman–Crippen LogP) is 2.20. The zero-order valence-corrected chi connectivity index (χ0v) is 8.17. The molecule has 0 rings (SSSR count). The van der Waals surface area contributed by atoms with Gasteiger partial charge in [0.05, 0.1) is 0 Å². The van der Waals surface area contributed by atoms with Gasteiger partial charge in [-0.3, -0.25) is 0 Å². The van der Waals surface area contributed by atoms with Crippen LogP contribution < -0.4 is 0 Å². The Hall–Kier alpha value is 2.51. The predicted molar refractivity (Wildman–Crippen MR) is 26.5 cm³/mol. The van der Waals surface area contributed by atoms with Gasteiger partial charge in [0.2, 0.25) is 0 Å². The van der Waals surface area contributed by atoms with Crippen molar-refractivity contribution < 1.29 is 21.1 Å². The fraction of sp³-hybridized carbons (Fsp3) is 0. The maximum Gasteiger partial charge on any atom is 3.00 e. The third-order valence-corrected chi connectivity index (χ3v) is 0. The molecule has 0 N–H and O–H groups in total. The van der Waals surface area contributed by atoms with E-state index in [0.717, 1.165) is 0 Å². The molecule has 0 atom stereocenters. The molecule has 0 unspecified atom stereocenters. The summed E-state index contributed by atoms with van der Waals surface area (Å²) in [6, 6.07) is 0. The number of hydrogen-bond acceptors (Lipinski definition) is 0. The molecule has 0 bridgehead atoms. The molecule has 0 aromatic rings. The smallest absolute Gasteiger partial charge is 3.00 e. The molecule has 0 spiro atoms. The van der Waals surface area contributed by atoms with Crippen LogP contribution in [0.15, 0.2) is 0 Å². The van der Waals surface area contributed by atoms with Crippen molar-refractivity contribution in [3.63, 3.8) is 0 Å². The second kappa shape index (κ2) is 31.4. The van der Waals surface area contributed by atoms with E-state index in [1.807, 2.05) is 0 Å². The topological polar surface area (TPSA) is 0 Å². The number of hydrogen-bond donors (Lipinski definition) is 0. The Morgan fingerprint density at radius 2 is 0.600 bits per heavy atom. The van der Waals surface area contributed by atoms with E-state index in [4.69, 9.17) is 0 Å². The molecule has 0 amide bonds. The van der Waals surface area contributed by atoms with Gasteiger partial charge in [-0.15, -0.1) is 0 Å². The molecule has 30 valence electrons. The minimum atomic E-state index is 0. The van der Waals surface area contributed by atoms with Crippen LogP contribution >= 0.6 is 29.7 Å². The van der Waals surface area contributed by atoms with Crippen molar-refractivity contribution in [2.45, 2.75) is 0 Å². The fourth-order valence-electron chi connectivity index (χ4n) is 0. The third-order valence-electron chi connectivity index (χ3n) is 0. The van der Waals surface area contributed by atoms with Gasteiger partial charge >= 0.3 is 17.4 Å². The Labute approximate surface area is 67.9 Å². The Bertz CT molecular complexity index is 6.85. The second-order valence-electron chi connectivity index (χ2n) is 0. The quantitative estimate of drug-likeness (QED) is 0.430. The van der Waals surface area contributed by atoms with Crippen LogP contribution in [0.5, 0.6) is 0 Å². The van der Waals surface area contributed by atoms with Crippen LogP contribution in [0.25, 0.3) is 0 Å². The van der Waals surface area contributed by atoms with Gasteiger partial charge in [-0.2, -0.15) is 0 Å². The largest absolute Gasteiger partial charge is 3.00 e. The first kappa shape index (κ1) is 50.5. The molecule has 0 nitrogen and oxygen atoms in total. The fourth-order valence-corrected chi connectivity index (χ4v) is 0. The summed E-state index contributed by atoms with van der Waals surface area (Å²) in [4.78, 5) is 0. The van der Waals surface area contributed by atoms with Gasteiger partial charge in [0.15, 0.2) is 0 Å². The van der Waals surface area contributed by atoms with Gasteiger partial charge in [-0.05, 0) is 0 Å². The molecule has 5 heteroatoms. The molecule has 0 radical (unpaired) electrons. The maximum absolute atomic E-state index is 0.